The molecule has 3 rings (SSSR count). The topological polar surface area (TPSA) is 97.5 Å². The third-order valence-electron chi connectivity index (χ3n) is 6.49. The van der Waals surface area contributed by atoms with Crippen molar-refractivity contribution >= 4 is 11.7 Å². The van der Waals surface area contributed by atoms with Crippen LogP contribution in [0.3, 0.4) is 0 Å². The number of nitrogens with two attached hydrogens (primary N) is 1. The molecule has 2 atom stereocenters. The molecule has 0 aliphatic carbocycles. The fraction of sp³-hybridized carbons (Fsp3) is 0.600. The molecule has 36 heavy (non-hydrogen) atoms. The predicted molar refractivity (Wildman–Crippen MR) is 151 cm³/mol. The number of carbonyl (C=O) groups is 1. The molecule has 0 bridgehead atoms. The number of pyridine rings is 1. The summed E-state index contributed by atoms with van der Waals surface area (Å²) in [7, 11) is 0. The highest BCUT2D eigenvalue weighted by Gasteiger charge is 2.21. The summed E-state index contributed by atoms with van der Waals surface area (Å²) >= 11 is 0. The summed E-state index contributed by atoms with van der Waals surface area (Å²) in [6, 6.07) is 8.47. The molecule has 1 aromatic heterocycles. The molecular formula is C30H49N3O3. The van der Waals surface area contributed by atoms with E-state index in [1.165, 1.54) is 11.1 Å². The number of carbonyl (C=O) groups excluding carboxylic acids is 1. The van der Waals surface area contributed by atoms with E-state index in [4.69, 9.17) is 10.5 Å². The van der Waals surface area contributed by atoms with Crippen molar-refractivity contribution in [2.75, 3.05) is 32.1 Å². The van der Waals surface area contributed by atoms with Gasteiger partial charge in [0.05, 0.1) is 5.56 Å². The number of nitrogens with one attached hydrogen (secondary N) is 1. The lowest BCUT2D eigenvalue weighted by Gasteiger charge is -2.26. The van der Waals surface area contributed by atoms with Crippen LogP contribution in [-0.4, -0.2) is 42.4 Å². The molecular weight excluding hydrogens is 450 g/mol. The molecule has 1 amide bonds. The Morgan fingerprint density at radius 3 is 2.39 bits per heavy atom. The first kappa shape index (κ1) is 31.6. The van der Waals surface area contributed by atoms with Gasteiger partial charge in [-0.05, 0) is 59.8 Å². The van der Waals surface area contributed by atoms with Gasteiger partial charge in [-0.1, -0.05) is 73.1 Å². The third kappa shape index (κ3) is 9.21. The normalized spacial score (nSPS) is 15.0. The fourth-order valence-corrected chi connectivity index (χ4v) is 4.13. The van der Waals surface area contributed by atoms with E-state index in [2.05, 4.69) is 42.3 Å². The van der Waals surface area contributed by atoms with E-state index in [0.717, 1.165) is 50.0 Å². The monoisotopic (exact) mass is 499 g/mol. The van der Waals surface area contributed by atoms with E-state index in [0.29, 0.717) is 23.9 Å². The van der Waals surface area contributed by atoms with Crippen LogP contribution in [0.4, 0.5) is 5.82 Å². The van der Waals surface area contributed by atoms with Gasteiger partial charge in [0.1, 0.15) is 5.82 Å². The number of nitrogens with zero attached hydrogens (tertiary/aromatic N) is 1. The van der Waals surface area contributed by atoms with E-state index in [1.54, 1.807) is 6.20 Å². The van der Waals surface area contributed by atoms with E-state index < -0.39 is 0 Å². The number of hydrogen-bond acceptors (Lipinski definition) is 5. The minimum atomic E-state index is -0.268. The molecule has 2 aromatic rings. The van der Waals surface area contributed by atoms with Gasteiger partial charge in [0.2, 0.25) is 0 Å². The van der Waals surface area contributed by atoms with Crippen LogP contribution in [0.2, 0.25) is 0 Å². The van der Waals surface area contributed by atoms with Crippen molar-refractivity contribution in [1.29, 1.82) is 0 Å². The van der Waals surface area contributed by atoms with Crippen LogP contribution >= 0.6 is 0 Å². The first-order valence-corrected chi connectivity index (χ1v) is 13.8. The molecule has 0 radical (unpaired) electrons. The van der Waals surface area contributed by atoms with Crippen molar-refractivity contribution in [1.82, 2.24) is 10.3 Å². The highest BCUT2D eigenvalue weighted by atomic mass is 16.5. The van der Waals surface area contributed by atoms with Crippen molar-refractivity contribution in [3.05, 3.63) is 47.2 Å². The fourth-order valence-electron chi connectivity index (χ4n) is 4.13. The molecule has 202 valence electrons. The van der Waals surface area contributed by atoms with Gasteiger partial charge < -0.3 is 20.9 Å². The van der Waals surface area contributed by atoms with Gasteiger partial charge in [-0.2, -0.15) is 0 Å². The SMILES string of the molecule is CC.CC.CCC(C)Cc1cc(-c2cnc(N)c(C(=O)NCC(C)CO)c2)ccc1C1CCOCC1. The summed E-state index contributed by atoms with van der Waals surface area (Å²) in [6.07, 6.45) is 6.03. The first-order chi connectivity index (χ1) is 17.4. The lowest BCUT2D eigenvalue weighted by atomic mass is 9.83. The Morgan fingerprint density at radius 1 is 1.11 bits per heavy atom. The minimum absolute atomic E-state index is 0.0165. The van der Waals surface area contributed by atoms with Gasteiger partial charge in [0, 0.05) is 38.1 Å². The van der Waals surface area contributed by atoms with E-state index in [-0.39, 0.29) is 24.2 Å². The highest BCUT2D eigenvalue weighted by molar-refractivity contribution is 5.99. The second-order valence-electron chi connectivity index (χ2n) is 9.17. The average Bonchev–Trinajstić information content (AvgIpc) is 2.94. The van der Waals surface area contributed by atoms with Crippen LogP contribution in [0.15, 0.2) is 30.5 Å². The number of aliphatic hydroxyl groups excluding tert-OH is 1. The Labute approximate surface area is 219 Å². The zero-order valence-electron chi connectivity index (χ0n) is 23.6. The van der Waals surface area contributed by atoms with Gasteiger partial charge >= 0.3 is 0 Å². The average molecular weight is 500 g/mol. The van der Waals surface area contributed by atoms with E-state index in [9.17, 15) is 9.90 Å². The summed E-state index contributed by atoms with van der Waals surface area (Å²) in [4.78, 5) is 17.0. The maximum atomic E-state index is 12.7. The van der Waals surface area contributed by atoms with Gasteiger partial charge in [0.15, 0.2) is 0 Å². The maximum absolute atomic E-state index is 12.7. The van der Waals surface area contributed by atoms with Crippen LogP contribution < -0.4 is 11.1 Å². The Morgan fingerprint density at radius 2 is 1.78 bits per heavy atom. The summed E-state index contributed by atoms with van der Waals surface area (Å²) in [5, 5.41) is 12.0. The summed E-state index contributed by atoms with van der Waals surface area (Å²) in [5.41, 5.74) is 11.1. The molecule has 0 spiro atoms. The zero-order valence-corrected chi connectivity index (χ0v) is 23.6. The minimum Gasteiger partial charge on any atom is -0.396 e. The maximum Gasteiger partial charge on any atom is 0.255 e. The summed E-state index contributed by atoms with van der Waals surface area (Å²) in [6.45, 7) is 16.5. The summed E-state index contributed by atoms with van der Waals surface area (Å²) in [5.74, 6) is 1.06. The van der Waals surface area contributed by atoms with Crippen molar-refractivity contribution in [3.8, 4) is 11.1 Å². The first-order valence-electron chi connectivity index (χ1n) is 13.8. The molecule has 6 heteroatoms. The lowest BCUT2D eigenvalue weighted by molar-refractivity contribution is 0.0851. The number of hydrogen-bond donors (Lipinski definition) is 3. The quantitative estimate of drug-likeness (QED) is 0.380. The number of ether oxygens (including phenoxy) is 1. The van der Waals surface area contributed by atoms with Crippen LogP contribution in [0.1, 0.15) is 95.1 Å². The predicted octanol–water partition coefficient (Wildman–Crippen LogP) is 6.22. The lowest BCUT2D eigenvalue weighted by Crippen LogP contribution is -2.30. The molecule has 4 N–H and O–H groups in total. The number of aliphatic hydroxyl groups is 1. The molecule has 2 heterocycles. The van der Waals surface area contributed by atoms with Crippen LogP contribution in [0, 0.1) is 11.8 Å². The molecule has 1 saturated heterocycles. The van der Waals surface area contributed by atoms with Crippen molar-refractivity contribution in [3.63, 3.8) is 0 Å². The Balaban J connectivity index is 0.00000154. The molecule has 6 nitrogen and oxygen atoms in total. The number of amides is 1. The van der Waals surface area contributed by atoms with Crippen molar-refractivity contribution < 1.29 is 14.6 Å². The number of aromatic nitrogens is 1. The standard InChI is InChI=1S/C26H37N3O3.2C2H6/c1-4-17(2)11-21-12-20(5-6-23(21)19-7-9-32-10-8-19)22-13-24(25(27)28-15-22)26(31)29-14-18(3)16-30;2*1-2/h5-6,12-13,15,17-19,30H,4,7-11,14,16H2,1-3H3,(H2,27,28)(H,29,31);2*1-2H3. The third-order valence-corrected chi connectivity index (χ3v) is 6.49. The Kier molecular flexibility index (Phi) is 15.0. The molecule has 2 unspecified atom stereocenters. The molecule has 1 aliphatic heterocycles. The second-order valence-corrected chi connectivity index (χ2v) is 9.17. The molecule has 1 aromatic carbocycles. The van der Waals surface area contributed by atoms with Crippen LogP contribution in [0.25, 0.3) is 11.1 Å². The smallest absolute Gasteiger partial charge is 0.255 e. The zero-order chi connectivity index (χ0) is 27.1. The molecule has 1 aliphatic rings. The van der Waals surface area contributed by atoms with Gasteiger partial charge in [0.25, 0.3) is 5.91 Å². The molecule has 0 saturated carbocycles. The van der Waals surface area contributed by atoms with Crippen molar-refractivity contribution in [2.45, 2.75) is 80.1 Å². The van der Waals surface area contributed by atoms with Gasteiger partial charge in [-0.25, -0.2) is 4.98 Å². The highest BCUT2D eigenvalue weighted by Crippen LogP contribution is 2.34. The summed E-state index contributed by atoms with van der Waals surface area (Å²) < 4.78 is 5.57. The number of rotatable bonds is 9. The van der Waals surface area contributed by atoms with Crippen LogP contribution in [0.5, 0.6) is 0 Å². The number of nitrogen functional groups attached to an aromatic ring is 1. The van der Waals surface area contributed by atoms with Crippen molar-refractivity contribution in [2.24, 2.45) is 11.8 Å². The number of anilines is 1. The Hall–Kier alpha value is -2.44. The Bertz CT molecular complexity index is 910. The number of benzene rings is 1. The van der Waals surface area contributed by atoms with E-state index >= 15 is 0 Å². The van der Waals surface area contributed by atoms with Gasteiger partial charge in [-0.3, -0.25) is 4.79 Å². The van der Waals surface area contributed by atoms with Crippen LogP contribution in [-0.2, 0) is 11.2 Å². The van der Waals surface area contributed by atoms with E-state index in [1.807, 2.05) is 40.7 Å². The second kappa shape index (κ2) is 17.1. The van der Waals surface area contributed by atoms with Gasteiger partial charge in [-0.15, -0.1) is 0 Å². The largest absolute Gasteiger partial charge is 0.396 e. The molecule has 1 fully saturated rings.